The molecule has 0 aliphatic carbocycles. The molecule has 23 aromatic carbocycles. The number of nitrogens with one attached hydrogen (secondary N) is 1. The lowest BCUT2D eigenvalue weighted by atomic mass is 9.77. The number of benzene rings is 23. The summed E-state index contributed by atoms with van der Waals surface area (Å²) in [6.45, 7) is 0. The van der Waals surface area contributed by atoms with Crippen LogP contribution >= 0.6 is 78.3 Å². The van der Waals surface area contributed by atoms with E-state index in [1.165, 1.54) is 134 Å². The maximum absolute atomic E-state index is 11.8. The molecule has 0 amide bonds. The predicted molar refractivity (Wildman–Crippen MR) is 603 cm³/mol. The summed E-state index contributed by atoms with van der Waals surface area (Å²) in [6, 6.07) is 168. The van der Waals surface area contributed by atoms with Gasteiger partial charge in [0.15, 0.2) is 0 Å². The normalized spacial score (nSPS) is 11.0. The summed E-state index contributed by atoms with van der Waals surface area (Å²) in [7, 11) is -1.84. The molecule has 0 bridgehead atoms. The van der Waals surface area contributed by atoms with Crippen molar-refractivity contribution >= 4 is 248 Å². The van der Waals surface area contributed by atoms with Crippen molar-refractivity contribution in [2.75, 3.05) is 0 Å². The Bertz CT molecular complexity index is 8680. The average molecular weight is 2110 g/mol. The van der Waals surface area contributed by atoms with E-state index in [9.17, 15) is 20.2 Å². The van der Waals surface area contributed by atoms with Crippen LogP contribution in [0.5, 0.6) is 0 Å². The summed E-state index contributed by atoms with van der Waals surface area (Å²) >= 11 is 12.5. The van der Waals surface area contributed by atoms with Crippen molar-refractivity contribution in [2.45, 2.75) is 0 Å². The Kier molecular flexibility index (Phi) is 28.5. The fourth-order valence-corrected chi connectivity index (χ4v) is 22.1. The van der Waals surface area contributed by atoms with Gasteiger partial charge in [0, 0.05) is 56.0 Å². The SMILES string of the molecule is Brc1ccc(-c2cccc(-n3c4ccc5ccccc5c4c4ccc5ccccc5c43)c2)cc1.Brc1ccc(-c2cccc(I)c2)cc1.O=[N+]([O-])c1c(-c2cccc3ccccc23)ccc2ccccc12.O=[N+]([O-])c1c(Br)ccc2ccccc12.OB(O)c1cccc2ccccc12.c1ccc(P(c2ccccc2)c2ccccc2)cc1.c1ccc2c(c1)ccc1c2[nH]c2ccc3ccccc3c21. The van der Waals surface area contributed by atoms with Gasteiger partial charge in [-0.3, -0.25) is 20.2 Å². The van der Waals surface area contributed by atoms with Crippen LogP contribution < -0.4 is 21.4 Å². The molecule has 25 aromatic rings. The third-order valence-electron chi connectivity index (χ3n) is 24.6. The zero-order valence-electron chi connectivity index (χ0n) is 74.2. The van der Waals surface area contributed by atoms with Crippen molar-refractivity contribution in [3.8, 4) is 39.1 Å². The number of nitro groups is 2. The van der Waals surface area contributed by atoms with Crippen LogP contribution in [0.3, 0.4) is 0 Å². The lowest BCUT2D eigenvalue weighted by molar-refractivity contribution is -0.383. The molecular formula is C122H84BBr3IN4O6P. The fourth-order valence-electron chi connectivity index (χ4n) is 18.2. The standard InChI is InChI=1S/C32H20BrN.C20H13NO2.C20H13N.C18H15P.C12H8BrI.C10H9BO2.C10H6BrNO2/c33-25-16-12-21(13-17-25)24-8-5-9-26(20-24)34-30-19-15-22-6-1-3-10-27(22)31(30)29-18-14-23-7-2-4-11-28(23)32(29)34;22-21(23)20-17-10-4-2-7-15(17)12-13-19(20)18-11-5-8-14-6-1-3-9-16(14)18;1-3-7-15-13(5-1)10-12-18-19(15)17-11-9-14-6-2-4-8-16(14)20(17)21-18;1-4-10-16(11-5-1)19(17-12-6-2-7-13-17)18-14-8-3-9-15-18;13-11-6-4-9(5-7-11)10-2-1-3-12(14)8-10;12-11(13)10-7-3-5-8-4-1-2-6-9(8)10;11-9-6-5-7-3-1-2-4-8(7)10(9)12(13)14/h1-20H;1-13H;1-12,21H;1-15H;1-8H;1-7,12-13H;1-6H. The van der Waals surface area contributed by atoms with Crippen molar-refractivity contribution in [2.24, 2.45) is 0 Å². The van der Waals surface area contributed by atoms with Gasteiger partial charge in [0.25, 0.3) is 11.4 Å². The van der Waals surface area contributed by atoms with Crippen molar-refractivity contribution in [3.63, 3.8) is 0 Å². The second-order valence-electron chi connectivity index (χ2n) is 32.9. The van der Waals surface area contributed by atoms with E-state index in [2.05, 4.69) is 414 Å². The monoisotopic (exact) mass is 2110 g/mol. The van der Waals surface area contributed by atoms with Crippen molar-refractivity contribution in [1.29, 1.82) is 0 Å². The molecule has 25 rings (SSSR count). The molecule has 138 heavy (non-hydrogen) atoms. The number of rotatable bonds is 10. The van der Waals surface area contributed by atoms with Gasteiger partial charge < -0.3 is 19.6 Å². The molecule has 0 fully saturated rings. The topological polar surface area (TPSA) is 147 Å². The van der Waals surface area contributed by atoms with Gasteiger partial charge in [-0.1, -0.05) is 438 Å². The van der Waals surface area contributed by atoms with E-state index in [1.807, 2.05) is 133 Å². The van der Waals surface area contributed by atoms with Crippen molar-refractivity contribution in [3.05, 3.63) is 529 Å². The lowest BCUT2D eigenvalue weighted by Crippen LogP contribution is -2.30. The van der Waals surface area contributed by atoms with E-state index in [0.717, 1.165) is 46.8 Å². The first-order valence-corrected chi connectivity index (χ1v) is 49.7. The minimum absolute atomic E-state index is 0.128. The zero-order valence-corrected chi connectivity index (χ0v) is 82.0. The second-order valence-corrected chi connectivity index (χ2v) is 39.1. The molecule has 0 atom stereocenters. The molecule has 0 spiro atoms. The summed E-state index contributed by atoms with van der Waals surface area (Å²) < 4.78 is 6.44. The van der Waals surface area contributed by atoms with E-state index in [1.54, 1.807) is 24.3 Å². The Morgan fingerprint density at radius 3 is 1.22 bits per heavy atom. The first kappa shape index (κ1) is 92.2. The number of halogens is 4. The molecule has 0 unspecified atom stereocenters. The van der Waals surface area contributed by atoms with Crippen LogP contribution in [-0.2, 0) is 0 Å². The van der Waals surface area contributed by atoms with Gasteiger partial charge in [0.1, 0.15) is 0 Å². The highest BCUT2D eigenvalue weighted by Crippen LogP contribution is 2.44. The maximum atomic E-state index is 11.8. The molecular weight excluding hydrogens is 2030 g/mol. The van der Waals surface area contributed by atoms with E-state index in [4.69, 9.17) is 10.0 Å². The average Bonchev–Trinajstić information content (AvgIpc) is 1.56. The van der Waals surface area contributed by atoms with Crippen LogP contribution in [0, 0.1) is 23.8 Å². The van der Waals surface area contributed by atoms with Crippen LogP contribution in [0.15, 0.2) is 505 Å². The van der Waals surface area contributed by atoms with E-state index in [0.29, 0.717) is 26.3 Å². The Hall–Kier alpha value is -14.9. The number of fused-ring (bicyclic) bond motifs is 18. The largest absolute Gasteiger partial charge is 0.489 e. The quantitative estimate of drug-likeness (QED) is 0.0408. The predicted octanol–water partition coefficient (Wildman–Crippen LogP) is 32.9. The van der Waals surface area contributed by atoms with Gasteiger partial charge in [-0.05, 0) is 245 Å². The van der Waals surface area contributed by atoms with Gasteiger partial charge in [0.2, 0.25) is 0 Å². The number of nitro benzene ring substituents is 2. The molecule has 3 N–H and O–H groups in total. The van der Waals surface area contributed by atoms with Crippen LogP contribution in [0.1, 0.15) is 0 Å². The molecule has 0 aliphatic rings. The number of H-pyrrole nitrogens is 1. The van der Waals surface area contributed by atoms with Crippen molar-refractivity contribution < 1.29 is 19.9 Å². The van der Waals surface area contributed by atoms with Crippen LogP contribution in [0.4, 0.5) is 11.4 Å². The molecule has 10 nitrogen and oxygen atoms in total. The van der Waals surface area contributed by atoms with Crippen LogP contribution in [0.25, 0.3) is 169 Å². The summed E-state index contributed by atoms with van der Waals surface area (Å²) in [5.74, 6) is 0. The van der Waals surface area contributed by atoms with Crippen LogP contribution in [0.2, 0.25) is 0 Å². The minimum atomic E-state index is -1.40. The molecule has 0 saturated heterocycles. The Morgan fingerprint density at radius 1 is 0.297 bits per heavy atom. The number of aromatic nitrogens is 2. The van der Waals surface area contributed by atoms with E-state index < -0.39 is 15.0 Å². The first-order chi connectivity index (χ1) is 67.6. The molecule has 2 heterocycles. The minimum Gasteiger partial charge on any atom is -0.423 e. The summed E-state index contributed by atoms with van der Waals surface area (Å²) in [4.78, 5) is 25.5. The van der Waals surface area contributed by atoms with Gasteiger partial charge in [-0.25, -0.2) is 0 Å². The Labute approximate surface area is 837 Å². The van der Waals surface area contributed by atoms with Gasteiger partial charge in [0.05, 0.1) is 47.2 Å². The summed E-state index contributed by atoms with van der Waals surface area (Å²) in [5, 5.41) is 67.5. The number of hydrogen-bond acceptors (Lipinski definition) is 6. The highest BCUT2D eigenvalue weighted by atomic mass is 127. The van der Waals surface area contributed by atoms with Gasteiger partial charge >= 0.3 is 7.12 Å². The van der Waals surface area contributed by atoms with E-state index >= 15 is 0 Å². The molecule has 2 aromatic heterocycles. The number of nitrogens with zero attached hydrogens (tertiary/aromatic N) is 3. The Balaban J connectivity index is 0.000000106. The lowest BCUT2D eigenvalue weighted by Gasteiger charge is -2.18. The summed E-state index contributed by atoms with van der Waals surface area (Å²) in [6.07, 6.45) is 0. The van der Waals surface area contributed by atoms with Crippen molar-refractivity contribution in [1.82, 2.24) is 9.55 Å². The Morgan fingerprint density at radius 2 is 0.681 bits per heavy atom. The third kappa shape index (κ3) is 20.1. The van der Waals surface area contributed by atoms with Crippen LogP contribution in [-0.4, -0.2) is 36.6 Å². The van der Waals surface area contributed by atoms with Gasteiger partial charge in [-0.15, -0.1) is 0 Å². The highest BCUT2D eigenvalue weighted by molar-refractivity contribution is 14.1. The molecule has 16 heteroatoms. The van der Waals surface area contributed by atoms with E-state index in [-0.39, 0.29) is 21.2 Å². The third-order valence-corrected chi connectivity index (χ3v) is 29.4. The maximum Gasteiger partial charge on any atom is 0.489 e. The fraction of sp³-hybridized carbons (Fsp3) is 0. The second kappa shape index (κ2) is 42.6. The number of aromatic amines is 1. The molecule has 0 saturated carbocycles. The smallest absolute Gasteiger partial charge is 0.423 e. The molecule has 0 aliphatic heterocycles. The first-order valence-electron chi connectivity index (χ1n) is 44.9. The summed E-state index contributed by atoms with van der Waals surface area (Å²) in [5.41, 5.74) is 13.5. The molecule has 0 radical (unpaired) electrons. The molecule has 664 valence electrons. The highest BCUT2D eigenvalue weighted by Gasteiger charge is 2.24. The van der Waals surface area contributed by atoms with Gasteiger partial charge in [-0.2, -0.15) is 0 Å². The zero-order chi connectivity index (χ0) is 94.5. The number of hydrogen-bond donors (Lipinski definition) is 3.